The van der Waals surface area contributed by atoms with Gasteiger partial charge in [-0.2, -0.15) is 0 Å². The van der Waals surface area contributed by atoms with Gasteiger partial charge in [0.05, 0.1) is 12.3 Å². The monoisotopic (exact) mass is 359 g/mol. The number of rotatable bonds is 4. The van der Waals surface area contributed by atoms with Gasteiger partial charge in [-0.05, 0) is 30.4 Å². The van der Waals surface area contributed by atoms with E-state index in [0.717, 1.165) is 57.9 Å². The Labute approximate surface area is 157 Å². The molecule has 0 N–H and O–H groups in total. The van der Waals surface area contributed by atoms with Gasteiger partial charge < -0.3 is 9.64 Å². The Morgan fingerprint density at radius 2 is 2.04 bits per heavy atom. The van der Waals surface area contributed by atoms with Crippen LogP contribution in [0.5, 0.6) is 0 Å². The molecule has 5 nitrogen and oxygen atoms in total. The van der Waals surface area contributed by atoms with E-state index in [2.05, 4.69) is 26.9 Å². The first-order valence-electron chi connectivity index (χ1n) is 9.75. The van der Waals surface area contributed by atoms with Crippen LogP contribution in [0, 0.1) is 16.7 Å². The maximum atomic E-state index is 12.6. The van der Waals surface area contributed by atoms with Crippen LogP contribution in [0.1, 0.15) is 39.3 Å². The predicted octanol–water partition coefficient (Wildman–Crippen LogP) is 2.81. The lowest BCUT2D eigenvalue weighted by atomic mass is 9.71. The molecule has 2 saturated heterocycles. The Morgan fingerprint density at radius 1 is 1.31 bits per heavy atom. The van der Waals surface area contributed by atoms with E-state index >= 15 is 0 Å². The van der Waals surface area contributed by atoms with Gasteiger partial charge in [0.2, 0.25) is 5.91 Å². The van der Waals surface area contributed by atoms with Crippen LogP contribution in [0.3, 0.4) is 0 Å². The number of carbonyl (C=O) groups excluding carboxylic acids is 1. The predicted molar refractivity (Wildman–Crippen MR) is 103 cm³/mol. The van der Waals surface area contributed by atoms with E-state index in [-0.39, 0.29) is 16.7 Å². The maximum Gasteiger partial charge on any atom is 0.227 e. The number of piperidine rings is 1. The number of methoxy groups -OCH3 is 1. The number of pyridine rings is 1. The fourth-order valence-corrected chi connectivity index (χ4v) is 4.61. The van der Waals surface area contributed by atoms with Crippen LogP contribution in [0.25, 0.3) is 0 Å². The van der Waals surface area contributed by atoms with Gasteiger partial charge in [0.15, 0.2) is 0 Å². The van der Waals surface area contributed by atoms with Crippen molar-refractivity contribution in [3.05, 3.63) is 30.1 Å². The Bertz CT molecular complexity index is 603. The second-order valence-corrected chi connectivity index (χ2v) is 9.05. The summed E-state index contributed by atoms with van der Waals surface area (Å²) in [5.41, 5.74) is 1.09. The van der Waals surface area contributed by atoms with Crippen molar-refractivity contribution in [1.82, 2.24) is 14.8 Å². The summed E-state index contributed by atoms with van der Waals surface area (Å²) in [5.74, 6) is 0.807. The Balaban J connectivity index is 1.66. The number of ether oxygens (including phenoxy) is 1. The summed E-state index contributed by atoms with van der Waals surface area (Å²) in [6.07, 6.45) is 4.01. The van der Waals surface area contributed by atoms with Crippen molar-refractivity contribution in [2.45, 2.75) is 40.2 Å². The second-order valence-electron chi connectivity index (χ2n) is 9.05. The van der Waals surface area contributed by atoms with Crippen LogP contribution in [-0.4, -0.2) is 60.6 Å². The van der Waals surface area contributed by atoms with E-state index in [9.17, 15) is 4.79 Å². The van der Waals surface area contributed by atoms with E-state index in [4.69, 9.17) is 4.74 Å². The molecule has 2 fully saturated rings. The highest BCUT2D eigenvalue weighted by Gasteiger charge is 2.48. The van der Waals surface area contributed by atoms with E-state index < -0.39 is 0 Å². The number of aromatic nitrogens is 1. The van der Waals surface area contributed by atoms with Crippen LogP contribution in [0.15, 0.2) is 24.4 Å². The number of carbonyl (C=O) groups is 1. The minimum Gasteiger partial charge on any atom is -0.384 e. The molecule has 144 valence electrons. The summed E-state index contributed by atoms with van der Waals surface area (Å²) in [7, 11) is 1.80. The third kappa shape index (κ3) is 4.09. The molecule has 2 aliphatic rings. The molecule has 1 unspecified atom stereocenters. The molecule has 1 aromatic rings. The molecule has 0 aliphatic carbocycles. The number of hydrogen-bond acceptors (Lipinski definition) is 4. The Hall–Kier alpha value is -1.46. The molecule has 3 heterocycles. The molecule has 3 rings (SSSR count). The minimum absolute atomic E-state index is 0.263. The van der Waals surface area contributed by atoms with Gasteiger partial charge >= 0.3 is 0 Å². The van der Waals surface area contributed by atoms with Gasteiger partial charge in [-0.3, -0.25) is 14.7 Å². The molecule has 2 aliphatic heterocycles. The van der Waals surface area contributed by atoms with Crippen LogP contribution >= 0.6 is 0 Å². The standard InChI is InChI=1S/C21H33N3O2/c1-20(2,3)19(25)24-11-8-21(9-12-24)16-23(13-17(21)15-26-4)14-18-7-5-6-10-22-18/h5-7,10,17H,8-9,11-16H2,1-4H3. The lowest BCUT2D eigenvalue weighted by Crippen LogP contribution is -2.49. The fourth-order valence-electron chi connectivity index (χ4n) is 4.61. The smallest absolute Gasteiger partial charge is 0.227 e. The molecular weight excluding hydrogens is 326 g/mol. The third-order valence-electron chi connectivity index (χ3n) is 6.05. The molecule has 26 heavy (non-hydrogen) atoms. The van der Waals surface area contributed by atoms with Gasteiger partial charge in [-0.25, -0.2) is 0 Å². The summed E-state index contributed by atoms with van der Waals surface area (Å²) in [5, 5.41) is 0. The van der Waals surface area contributed by atoms with Gasteiger partial charge in [-0.15, -0.1) is 0 Å². The van der Waals surface area contributed by atoms with Gasteiger partial charge in [-0.1, -0.05) is 26.8 Å². The molecule has 5 heteroatoms. The Kier molecular flexibility index (Phi) is 5.68. The summed E-state index contributed by atoms with van der Waals surface area (Å²) in [4.78, 5) is 21.7. The zero-order valence-corrected chi connectivity index (χ0v) is 16.7. The summed E-state index contributed by atoms with van der Waals surface area (Å²) >= 11 is 0. The van der Waals surface area contributed by atoms with Crippen molar-refractivity contribution in [2.24, 2.45) is 16.7 Å². The number of hydrogen-bond donors (Lipinski definition) is 0. The topological polar surface area (TPSA) is 45.7 Å². The third-order valence-corrected chi connectivity index (χ3v) is 6.05. The summed E-state index contributed by atoms with van der Waals surface area (Å²) < 4.78 is 5.56. The molecule has 1 aromatic heterocycles. The highest BCUT2D eigenvalue weighted by Crippen LogP contribution is 2.45. The second kappa shape index (κ2) is 7.65. The van der Waals surface area contributed by atoms with Crippen molar-refractivity contribution in [3.8, 4) is 0 Å². The number of amides is 1. The molecule has 0 aromatic carbocycles. The van der Waals surface area contributed by atoms with Gasteiger partial charge in [0, 0.05) is 57.4 Å². The average molecular weight is 360 g/mol. The van der Waals surface area contributed by atoms with Crippen molar-refractivity contribution >= 4 is 5.91 Å². The zero-order chi connectivity index (χ0) is 18.8. The lowest BCUT2D eigenvalue weighted by Gasteiger charge is -2.44. The molecule has 1 spiro atoms. The Morgan fingerprint density at radius 3 is 2.62 bits per heavy atom. The molecule has 1 amide bonds. The van der Waals surface area contributed by atoms with E-state index in [1.54, 1.807) is 7.11 Å². The van der Waals surface area contributed by atoms with E-state index in [0.29, 0.717) is 5.92 Å². The highest BCUT2D eigenvalue weighted by atomic mass is 16.5. The largest absolute Gasteiger partial charge is 0.384 e. The lowest BCUT2D eigenvalue weighted by molar-refractivity contribution is -0.142. The van der Waals surface area contributed by atoms with Crippen LogP contribution in [0.2, 0.25) is 0 Å². The fraction of sp³-hybridized carbons (Fsp3) is 0.714. The molecular formula is C21H33N3O2. The van der Waals surface area contributed by atoms with Gasteiger partial charge in [0.1, 0.15) is 0 Å². The van der Waals surface area contributed by atoms with Crippen molar-refractivity contribution in [2.75, 3.05) is 39.9 Å². The number of likely N-dealkylation sites (tertiary alicyclic amines) is 2. The normalized spacial score (nSPS) is 23.5. The first kappa shape index (κ1) is 19.3. The van der Waals surface area contributed by atoms with Crippen LogP contribution in [-0.2, 0) is 16.1 Å². The number of nitrogens with zero attached hydrogens (tertiary/aromatic N) is 3. The van der Waals surface area contributed by atoms with Gasteiger partial charge in [0.25, 0.3) is 0 Å². The van der Waals surface area contributed by atoms with Crippen molar-refractivity contribution in [1.29, 1.82) is 0 Å². The molecule has 0 bridgehead atoms. The quantitative estimate of drug-likeness (QED) is 0.829. The molecule has 0 saturated carbocycles. The summed E-state index contributed by atoms with van der Waals surface area (Å²) in [6, 6.07) is 6.11. The molecule has 1 atom stereocenters. The van der Waals surface area contributed by atoms with Crippen molar-refractivity contribution in [3.63, 3.8) is 0 Å². The van der Waals surface area contributed by atoms with E-state index in [1.807, 2.05) is 33.0 Å². The first-order chi connectivity index (χ1) is 12.3. The maximum absolute atomic E-state index is 12.6. The van der Waals surface area contributed by atoms with E-state index in [1.165, 1.54) is 0 Å². The SMILES string of the molecule is COCC1CN(Cc2ccccn2)CC12CCN(C(=O)C(C)(C)C)CC2. The summed E-state index contributed by atoms with van der Waals surface area (Å²) in [6.45, 7) is 11.6. The van der Waals surface area contributed by atoms with Crippen LogP contribution < -0.4 is 0 Å². The van der Waals surface area contributed by atoms with Crippen LogP contribution in [0.4, 0.5) is 0 Å². The first-order valence-corrected chi connectivity index (χ1v) is 9.75. The van der Waals surface area contributed by atoms with Crippen molar-refractivity contribution < 1.29 is 9.53 Å². The average Bonchev–Trinajstić information content (AvgIpc) is 2.92. The minimum atomic E-state index is -0.295. The zero-order valence-electron chi connectivity index (χ0n) is 16.7. The molecule has 0 radical (unpaired) electrons. The highest BCUT2D eigenvalue weighted by molar-refractivity contribution is 5.81.